The van der Waals surface area contributed by atoms with Crippen molar-refractivity contribution in [3.05, 3.63) is 100 Å². The van der Waals surface area contributed by atoms with Crippen LogP contribution in [0, 0.1) is 0 Å². The van der Waals surface area contributed by atoms with Crippen molar-refractivity contribution in [2.45, 2.75) is 19.3 Å². The first-order chi connectivity index (χ1) is 15.2. The van der Waals surface area contributed by atoms with Gasteiger partial charge in [-0.3, -0.25) is 0 Å². The van der Waals surface area contributed by atoms with E-state index in [1.54, 1.807) is 42.6 Å². The Bertz CT molecular complexity index is 1280. The topological polar surface area (TPSA) is 51.5 Å². The Morgan fingerprint density at radius 1 is 1.03 bits per heavy atom. The summed E-state index contributed by atoms with van der Waals surface area (Å²) in [5, 5.41) is 10.5. The van der Waals surface area contributed by atoms with Gasteiger partial charge in [0, 0.05) is 27.7 Å². The van der Waals surface area contributed by atoms with Crippen LogP contribution in [0.2, 0.25) is 5.02 Å². The largest absolute Gasteiger partial charge is 0.489 e. The van der Waals surface area contributed by atoms with E-state index in [4.69, 9.17) is 16.3 Å². The van der Waals surface area contributed by atoms with Crippen LogP contribution in [0.4, 0.5) is 13.2 Å². The van der Waals surface area contributed by atoms with Crippen LogP contribution >= 0.6 is 11.6 Å². The number of ether oxygens (including phenoxy) is 1. The smallest absolute Gasteiger partial charge is 0.416 e. The number of carboxylic acid groups (broad SMARTS) is 1. The van der Waals surface area contributed by atoms with Crippen LogP contribution in [0.25, 0.3) is 10.9 Å². The van der Waals surface area contributed by atoms with Gasteiger partial charge in [-0.2, -0.15) is 13.2 Å². The highest BCUT2D eigenvalue weighted by atomic mass is 35.5. The van der Waals surface area contributed by atoms with Crippen LogP contribution < -0.4 is 4.74 Å². The van der Waals surface area contributed by atoms with E-state index in [2.05, 4.69) is 0 Å². The highest BCUT2D eigenvalue weighted by Crippen LogP contribution is 2.30. The van der Waals surface area contributed by atoms with Crippen molar-refractivity contribution in [2.75, 3.05) is 0 Å². The van der Waals surface area contributed by atoms with Crippen LogP contribution in [-0.4, -0.2) is 15.6 Å². The van der Waals surface area contributed by atoms with E-state index in [0.717, 1.165) is 23.2 Å². The fraction of sp³-hybridized carbons (Fsp3) is 0.125. The molecule has 0 radical (unpaired) electrons. The molecule has 1 aromatic heterocycles. The molecule has 1 N–H and O–H groups in total. The minimum absolute atomic E-state index is 0.0857. The average molecular weight is 460 g/mol. The lowest BCUT2D eigenvalue weighted by Crippen LogP contribution is -2.06. The van der Waals surface area contributed by atoms with E-state index in [1.165, 1.54) is 12.1 Å². The van der Waals surface area contributed by atoms with Gasteiger partial charge in [0.25, 0.3) is 0 Å². The molecule has 4 rings (SSSR count). The van der Waals surface area contributed by atoms with Crippen LogP contribution in [0.5, 0.6) is 5.75 Å². The first-order valence-corrected chi connectivity index (χ1v) is 9.98. The van der Waals surface area contributed by atoms with Crippen molar-refractivity contribution >= 4 is 28.5 Å². The molecule has 164 valence electrons. The maximum atomic E-state index is 12.7. The highest BCUT2D eigenvalue weighted by molar-refractivity contribution is 6.30. The number of hydrogen-bond donors (Lipinski definition) is 1. The summed E-state index contributed by atoms with van der Waals surface area (Å²) >= 11 is 6.17. The zero-order valence-corrected chi connectivity index (χ0v) is 17.3. The monoisotopic (exact) mass is 459 g/mol. The Kier molecular flexibility index (Phi) is 5.84. The molecule has 32 heavy (non-hydrogen) atoms. The molecule has 8 heteroatoms. The van der Waals surface area contributed by atoms with Crippen LogP contribution in [0.3, 0.4) is 0 Å². The maximum Gasteiger partial charge on any atom is 0.416 e. The van der Waals surface area contributed by atoms with Crippen molar-refractivity contribution < 1.29 is 27.8 Å². The number of fused-ring (bicyclic) bond motifs is 1. The standard InChI is InChI=1S/C24H17ClF3NO3/c25-18-8-9-22(32-14-15-4-6-17(7-5-15)24(26,27)28)16(12-18)13-29-11-10-19-20(23(30)31)2-1-3-21(19)29/h1-12H,13-14H2,(H,30,31). The molecule has 4 aromatic rings. The molecular formula is C24H17ClF3NO3. The molecule has 0 aliphatic heterocycles. The first-order valence-electron chi connectivity index (χ1n) is 9.61. The number of halogens is 4. The molecule has 0 saturated carbocycles. The van der Waals surface area contributed by atoms with Gasteiger partial charge in [-0.1, -0.05) is 29.8 Å². The summed E-state index contributed by atoms with van der Waals surface area (Å²) in [5.41, 5.74) is 1.59. The Morgan fingerprint density at radius 2 is 1.78 bits per heavy atom. The summed E-state index contributed by atoms with van der Waals surface area (Å²) in [6, 6.07) is 16.7. The van der Waals surface area contributed by atoms with Gasteiger partial charge in [-0.05, 0) is 54.1 Å². The van der Waals surface area contributed by atoms with Gasteiger partial charge in [0.15, 0.2) is 0 Å². The molecule has 1 heterocycles. The van der Waals surface area contributed by atoms with Crippen molar-refractivity contribution in [2.24, 2.45) is 0 Å². The van der Waals surface area contributed by atoms with Gasteiger partial charge >= 0.3 is 12.1 Å². The summed E-state index contributed by atoms with van der Waals surface area (Å²) in [4.78, 5) is 11.5. The van der Waals surface area contributed by atoms with Crippen molar-refractivity contribution in [3.8, 4) is 5.75 Å². The third kappa shape index (κ3) is 4.57. The molecule has 3 aromatic carbocycles. The SMILES string of the molecule is O=C(O)c1cccc2c1ccn2Cc1cc(Cl)ccc1OCc1ccc(C(F)(F)F)cc1. The zero-order chi connectivity index (χ0) is 22.9. The van der Waals surface area contributed by atoms with Gasteiger partial charge in [-0.15, -0.1) is 0 Å². The number of benzene rings is 3. The fourth-order valence-corrected chi connectivity index (χ4v) is 3.69. The Labute approximate surface area is 186 Å². The molecule has 0 saturated heterocycles. The predicted octanol–water partition coefficient (Wildman–Crippen LogP) is 6.64. The number of nitrogens with zero attached hydrogens (tertiary/aromatic N) is 1. The second-order valence-electron chi connectivity index (χ2n) is 7.22. The van der Waals surface area contributed by atoms with E-state index in [1.807, 2.05) is 10.6 Å². The predicted molar refractivity (Wildman–Crippen MR) is 115 cm³/mol. The average Bonchev–Trinajstić information content (AvgIpc) is 3.15. The summed E-state index contributed by atoms with van der Waals surface area (Å²) in [6.45, 7) is 0.456. The van der Waals surface area contributed by atoms with E-state index >= 15 is 0 Å². The van der Waals surface area contributed by atoms with E-state index < -0.39 is 17.7 Å². The second kappa shape index (κ2) is 8.59. The highest BCUT2D eigenvalue weighted by Gasteiger charge is 2.29. The van der Waals surface area contributed by atoms with Crippen LogP contribution in [-0.2, 0) is 19.3 Å². The Balaban J connectivity index is 1.57. The van der Waals surface area contributed by atoms with Crippen molar-refractivity contribution in [3.63, 3.8) is 0 Å². The van der Waals surface area contributed by atoms with Crippen LogP contribution in [0.1, 0.15) is 27.0 Å². The molecular weight excluding hydrogens is 443 g/mol. The molecule has 0 bridgehead atoms. The number of aromatic nitrogens is 1. The molecule has 0 amide bonds. The normalized spacial score (nSPS) is 11.6. The van der Waals surface area contributed by atoms with Crippen molar-refractivity contribution in [1.29, 1.82) is 0 Å². The number of rotatable bonds is 6. The molecule has 0 aliphatic rings. The third-order valence-electron chi connectivity index (χ3n) is 5.08. The fourth-order valence-electron chi connectivity index (χ4n) is 3.49. The second-order valence-corrected chi connectivity index (χ2v) is 7.66. The van der Waals surface area contributed by atoms with Gasteiger partial charge < -0.3 is 14.4 Å². The summed E-state index contributed by atoms with van der Waals surface area (Å²) in [7, 11) is 0. The van der Waals surface area contributed by atoms with E-state index in [0.29, 0.717) is 28.3 Å². The Hall–Kier alpha value is -3.45. The van der Waals surface area contributed by atoms with Gasteiger partial charge in [0.05, 0.1) is 17.7 Å². The number of hydrogen-bond acceptors (Lipinski definition) is 2. The van der Waals surface area contributed by atoms with Crippen molar-refractivity contribution in [1.82, 2.24) is 4.57 Å². The summed E-state index contributed by atoms with van der Waals surface area (Å²) in [6.07, 6.45) is -2.60. The van der Waals surface area contributed by atoms with Crippen LogP contribution in [0.15, 0.2) is 72.9 Å². The van der Waals surface area contributed by atoms with Gasteiger partial charge in [0.2, 0.25) is 0 Å². The lowest BCUT2D eigenvalue weighted by atomic mass is 10.1. The minimum Gasteiger partial charge on any atom is -0.489 e. The minimum atomic E-state index is -4.39. The maximum absolute atomic E-state index is 12.7. The number of alkyl halides is 3. The molecule has 4 nitrogen and oxygen atoms in total. The molecule has 0 unspecified atom stereocenters. The quantitative estimate of drug-likeness (QED) is 0.351. The molecule has 0 atom stereocenters. The van der Waals surface area contributed by atoms with Gasteiger partial charge in [-0.25, -0.2) is 4.79 Å². The third-order valence-corrected chi connectivity index (χ3v) is 5.32. The number of carbonyl (C=O) groups is 1. The van der Waals surface area contributed by atoms with E-state index in [9.17, 15) is 23.1 Å². The lowest BCUT2D eigenvalue weighted by molar-refractivity contribution is -0.137. The number of carboxylic acids is 1. The molecule has 0 fully saturated rings. The van der Waals surface area contributed by atoms with E-state index in [-0.39, 0.29) is 12.2 Å². The summed E-state index contributed by atoms with van der Waals surface area (Å²) < 4.78 is 46.0. The Morgan fingerprint density at radius 3 is 2.47 bits per heavy atom. The van der Waals surface area contributed by atoms with Gasteiger partial charge in [0.1, 0.15) is 12.4 Å². The molecule has 0 aliphatic carbocycles. The lowest BCUT2D eigenvalue weighted by Gasteiger charge is -2.14. The summed E-state index contributed by atoms with van der Waals surface area (Å²) in [5.74, 6) is -0.470. The number of aromatic carboxylic acids is 1. The first kappa shape index (κ1) is 21.8. The molecule has 0 spiro atoms. The zero-order valence-electron chi connectivity index (χ0n) is 16.6.